The molecule has 0 saturated carbocycles. The van der Waals surface area contributed by atoms with Gasteiger partial charge in [0.25, 0.3) is 0 Å². The van der Waals surface area contributed by atoms with Crippen LogP contribution in [0, 0.1) is 0 Å². The predicted octanol–water partition coefficient (Wildman–Crippen LogP) is 3.56. The molecule has 0 bridgehead atoms. The molecule has 17 heavy (non-hydrogen) atoms. The molecule has 0 spiro atoms. The molecule has 92 valence electrons. The fourth-order valence-electron chi connectivity index (χ4n) is 1.80. The summed E-state index contributed by atoms with van der Waals surface area (Å²) in [6.07, 6.45) is 1.84. The second-order valence-electron chi connectivity index (χ2n) is 4.27. The summed E-state index contributed by atoms with van der Waals surface area (Å²) >= 11 is 5.10. The number of aromatic nitrogens is 2. The van der Waals surface area contributed by atoms with Crippen LogP contribution in [0.3, 0.4) is 0 Å². The van der Waals surface area contributed by atoms with Crippen molar-refractivity contribution in [2.24, 2.45) is 0 Å². The zero-order valence-electron chi connectivity index (χ0n) is 9.80. The van der Waals surface area contributed by atoms with Gasteiger partial charge in [-0.1, -0.05) is 0 Å². The molecule has 2 aromatic heterocycles. The third-order valence-corrected chi connectivity index (χ3v) is 3.94. The van der Waals surface area contributed by atoms with Crippen LogP contribution >= 0.6 is 27.3 Å². The van der Waals surface area contributed by atoms with Crippen molar-refractivity contribution in [1.29, 1.82) is 0 Å². The van der Waals surface area contributed by atoms with E-state index in [4.69, 9.17) is 0 Å². The zero-order chi connectivity index (χ0) is 12.4. The van der Waals surface area contributed by atoms with E-state index in [2.05, 4.69) is 40.3 Å². The topological polar surface area (TPSA) is 38.0 Å². The van der Waals surface area contributed by atoms with Crippen LogP contribution in [-0.2, 0) is 6.42 Å². The standard InChI is InChI=1S/C12H15BrN2OS/c1-8(2)15-12(10(13)6-14-15)11(16)5-9-3-4-17-7-9/h3-4,6-8,11,16H,5H2,1-2H3. The molecular formula is C12H15BrN2OS. The van der Waals surface area contributed by atoms with Crippen molar-refractivity contribution in [3.8, 4) is 0 Å². The van der Waals surface area contributed by atoms with Crippen LogP contribution in [-0.4, -0.2) is 14.9 Å². The van der Waals surface area contributed by atoms with Crippen LogP contribution < -0.4 is 0 Å². The van der Waals surface area contributed by atoms with E-state index in [0.717, 1.165) is 15.7 Å². The Morgan fingerprint density at radius 2 is 2.29 bits per heavy atom. The van der Waals surface area contributed by atoms with Crippen LogP contribution in [0.25, 0.3) is 0 Å². The molecule has 2 aromatic rings. The lowest BCUT2D eigenvalue weighted by atomic mass is 10.1. The highest BCUT2D eigenvalue weighted by Crippen LogP contribution is 2.28. The minimum atomic E-state index is -0.524. The Morgan fingerprint density at radius 1 is 1.53 bits per heavy atom. The Balaban J connectivity index is 2.24. The van der Waals surface area contributed by atoms with Crippen LogP contribution in [0.5, 0.6) is 0 Å². The quantitative estimate of drug-likeness (QED) is 0.937. The van der Waals surface area contributed by atoms with Crippen molar-refractivity contribution in [1.82, 2.24) is 9.78 Å². The number of nitrogens with zero attached hydrogens (tertiary/aromatic N) is 2. The lowest BCUT2D eigenvalue weighted by Crippen LogP contribution is -2.13. The average molecular weight is 315 g/mol. The third kappa shape index (κ3) is 2.78. The molecule has 0 aliphatic carbocycles. The van der Waals surface area contributed by atoms with Gasteiger partial charge >= 0.3 is 0 Å². The lowest BCUT2D eigenvalue weighted by Gasteiger charge is -2.16. The van der Waals surface area contributed by atoms with E-state index in [1.165, 1.54) is 0 Å². The van der Waals surface area contributed by atoms with Crippen molar-refractivity contribution < 1.29 is 5.11 Å². The van der Waals surface area contributed by atoms with Gasteiger partial charge in [-0.25, -0.2) is 0 Å². The molecule has 3 nitrogen and oxygen atoms in total. The van der Waals surface area contributed by atoms with Gasteiger partial charge in [-0.2, -0.15) is 16.4 Å². The number of thiophene rings is 1. The van der Waals surface area contributed by atoms with Crippen LogP contribution in [0.2, 0.25) is 0 Å². The first-order valence-corrected chi connectivity index (χ1v) is 7.25. The molecule has 2 heterocycles. The van der Waals surface area contributed by atoms with Crippen molar-refractivity contribution in [2.75, 3.05) is 0 Å². The molecule has 0 aliphatic rings. The minimum absolute atomic E-state index is 0.244. The first-order chi connectivity index (χ1) is 8.09. The summed E-state index contributed by atoms with van der Waals surface area (Å²) in [5.41, 5.74) is 2.01. The number of halogens is 1. The van der Waals surface area contributed by atoms with Crippen molar-refractivity contribution >= 4 is 27.3 Å². The van der Waals surface area contributed by atoms with Crippen LogP contribution in [0.4, 0.5) is 0 Å². The molecule has 2 rings (SSSR count). The van der Waals surface area contributed by atoms with Gasteiger partial charge in [-0.3, -0.25) is 4.68 Å². The monoisotopic (exact) mass is 314 g/mol. The highest BCUT2D eigenvalue weighted by Gasteiger charge is 2.19. The second-order valence-corrected chi connectivity index (χ2v) is 5.90. The van der Waals surface area contributed by atoms with Crippen molar-refractivity contribution in [3.05, 3.63) is 38.8 Å². The van der Waals surface area contributed by atoms with Gasteiger partial charge in [0.05, 0.1) is 16.4 Å². The zero-order valence-corrected chi connectivity index (χ0v) is 12.2. The summed E-state index contributed by atoms with van der Waals surface area (Å²) in [4.78, 5) is 0. The molecule has 1 N–H and O–H groups in total. The van der Waals surface area contributed by atoms with Crippen molar-refractivity contribution in [2.45, 2.75) is 32.4 Å². The second kappa shape index (κ2) is 5.33. The van der Waals surface area contributed by atoms with Crippen molar-refractivity contribution in [3.63, 3.8) is 0 Å². The van der Waals surface area contributed by atoms with E-state index in [1.807, 2.05) is 16.1 Å². The van der Waals surface area contributed by atoms with E-state index < -0.39 is 6.10 Å². The Kier molecular flexibility index (Phi) is 4.01. The lowest BCUT2D eigenvalue weighted by molar-refractivity contribution is 0.164. The number of hydrogen-bond acceptors (Lipinski definition) is 3. The highest BCUT2D eigenvalue weighted by molar-refractivity contribution is 9.10. The average Bonchev–Trinajstić information content (AvgIpc) is 2.86. The molecule has 5 heteroatoms. The first-order valence-electron chi connectivity index (χ1n) is 5.51. The Labute approximate surface area is 113 Å². The Bertz CT molecular complexity index is 479. The smallest absolute Gasteiger partial charge is 0.101 e. The minimum Gasteiger partial charge on any atom is -0.386 e. The molecule has 1 atom stereocenters. The molecule has 0 aromatic carbocycles. The third-order valence-electron chi connectivity index (χ3n) is 2.60. The summed E-state index contributed by atoms with van der Waals surface area (Å²) in [7, 11) is 0. The first kappa shape index (κ1) is 12.8. The molecule has 1 unspecified atom stereocenters. The summed E-state index contributed by atoms with van der Waals surface area (Å²) in [6, 6.07) is 2.28. The predicted molar refractivity (Wildman–Crippen MR) is 73.3 cm³/mol. The summed E-state index contributed by atoms with van der Waals surface area (Å²) in [5, 5.41) is 18.7. The maximum atomic E-state index is 10.3. The van der Waals surface area contributed by atoms with Gasteiger partial charge in [0, 0.05) is 12.5 Å². The van der Waals surface area contributed by atoms with Gasteiger partial charge in [0.15, 0.2) is 0 Å². The summed E-state index contributed by atoms with van der Waals surface area (Å²) < 4.78 is 2.73. The van der Waals surface area contributed by atoms with Gasteiger partial charge in [-0.05, 0) is 52.2 Å². The Morgan fingerprint density at radius 3 is 2.88 bits per heavy atom. The number of rotatable bonds is 4. The maximum Gasteiger partial charge on any atom is 0.101 e. The van der Waals surface area contributed by atoms with E-state index in [1.54, 1.807) is 17.5 Å². The number of aliphatic hydroxyl groups excluding tert-OH is 1. The van der Waals surface area contributed by atoms with Crippen LogP contribution in [0.15, 0.2) is 27.5 Å². The Hall–Kier alpha value is -0.650. The molecule has 0 amide bonds. The molecule has 0 saturated heterocycles. The molecular weight excluding hydrogens is 300 g/mol. The van der Waals surface area contributed by atoms with E-state index >= 15 is 0 Å². The number of aliphatic hydroxyl groups is 1. The fourth-order valence-corrected chi connectivity index (χ4v) is 3.02. The van der Waals surface area contributed by atoms with Gasteiger partial charge in [-0.15, -0.1) is 0 Å². The summed E-state index contributed by atoms with van der Waals surface area (Å²) in [5.74, 6) is 0. The highest BCUT2D eigenvalue weighted by atomic mass is 79.9. The van der Waals surface area contributed by atoms with Gasteiger partial charge in [0.1, 0.15) is 6.10 Å². The normalized spacial score (nSPS) is 13.2. The van der Waals surface area contributed by atoms with Gasteiger partial charge < -0.3 is 5.11 Å². The number of hydrogen-bond donors (Lipinski definition) is 1. The van der Waals surface area contributed by atoms with Crippen LogP contribution in [0.1, 0.15) is 37.3 Å². The van der Waals surface area contributed by atoms with Gasteiger partial charge in [0.2, 0.25) is 0 Å². The fraction of sp³-hybridized carbons (Fsp3) is 0.417. The van der Waals surface area contributed by atoms with E-state index in [-0.39, 0.29) is 6.04 Å². The van der Waals surface area contributed by atoms with E-state index in [0.29, 0.717) is 6.42 Å². The largest absolute Gasteiger partial charge is 0.386 e. The maximum absolute atomic E-state index is 10.3. The van der Waals surface area contributed by atoms with E-state index in [9.17, 15) is 5.11 Å². The SMILES string of the molecule is CC(C)n1ncc(Br)c1C(O)Cc1ccsc1. The summed E-state index contributed by atoms with van der Waals surface area (Å²) in [6.45, 7) is 4.11. The molecule has 0 aliphatic heterocycles. The molecule has 0 radical (unpaired) electrons. The molecule has 0 fully saturated rings.